The van der Waals surface area contributed by atoms with E-state index in [1.807, 2.05) is 27.7 Å². The monoisotopic (exact) mass is 283 g/mol. The van der Waals surface area contributed by atoms with Crippen LogP contribution in [0.1, 0.15) is 39.7 Å². The first-order valence-electron chi connectivity index (χ1n) is 7.07. The van der Waals surface area contributed by atoms with Crippen molar-refractivity contribution in [3.8, 4) is 5.75 Å². The molecule has 0 saturated carbocycles. The molecule has 0 heterocycles. The number of aliphatic hydroxyl groups is 1. The summed E-state index contributed by atoms with van der Waals surface area (Å²) in [5, 5.41) is 12.9. The van der Waals surface area contributed by atoms with Crippen molar-refractivity contribution in [1.82, 2.24) is 5.32 Å². The van der Waals surface area contributed by atoms with Crippen LogP contribution in [0.25, 0.3) is 0 Å². The van der Waals surface area contributed by atoms with Crippen LogP contribution in [0.15, 0.2) is 18.2 Å². The molecular weight excluding hydrogens is 257 g/mol. The van der Waals surface area contributed by atoms with E-state index in [4.69, 9.17) is 4.74 Å². The quantitative estimate of drug-likeness (QED) is 0.808. The summed E-state index contributed by atoms with van der Waals surface area (Å²) in [4.78, 5) is 0. The summed E-state index contributed by atoms with van der Waals surface area (Å²) in [6, 6.07) is 5.02. The third-order valence-corrected chi connectivity index (χ3v) is 3.19. The van der Waals surface area contributed by atoms with Crippen LogP contribution in [0.2, 0.25) is 0 Å². The summed E-state index contributed by atoms with van der Waals surface area (Å²) in [5.41, 5.74) is 0.183. The Morgan fingerprint density at radius 2 is 2.00 bits per heavy atom. The van der Waals surface area contributed by atoms with E-state index in [1.165, 1.54) is 6.07 Å². The molecule has 3 nitrogen and oxygen atoms in total. The maximum atomic E-state index is 13.2. The van der Waals surface area contributed by atoms with Gasteiger partial charge >= 0.3 is 0 Å². The van der Waals surface area contributed by atoms with Crippen molar-refractivity contribution in [2.75, 3.05) is 6.61 Å². The van der Waals surface area contributed by atoms with Crippen molar-refractivity contribution in [2.24, 2.45) is 0 Å². The molecule has 4 heteroatoms. The third kappa shape index (κ3) is 5.10. The first kappa shape index (κ1) is 16.9. The number of nitrogens with one attached hydrogen (secondary N) is 1. The van der Waals surface area contributed by atoms with Gasteiger partial charge in [-0.15, -0.1) is 0 Å². The second-order valence-electron chi connectivity index (χ2n) is 6.06. The van der Waals surface area contributed by atoms with Gasteiger partial charge in [-0.05, 0) is 44.5 Å². The molecule has 1 aromatic carbocycles. The summed E-state index contributed by atoms with van der Waals surface area (Å²) in [5.74, 6) is 0.424. The van der Waals surface area contributed by atoms with E-state index < -0.39 is 0 Å². The zero-order valence-corrected chi connectivity index (χ0v) is 13.0. The van der Waals surface area contributed by atoms with Crippen LogP contribution < -0.4 is 10.1 Å². The topological polar surface area (TPSA) is 41.5 Å². The first-order valence-corrected chi connectivity index (χ1v) is 7.07. The van der Waals surface area contributed by atoms with E-state index in [-0.39, 0.29) is 30.1 Å². The number of aliphatic hydroxyl groups excluding tert-OH is 1. The molecule has 0 aliphatic carbocycles. The van der Waals surface area contributed by atoms with Gasteiger partial charge in [-0.25, -0.2) is 4.39 Å². The molecule has 0 fully saturated rings. The van der Waals surface area contributed by atoms with Crippen molar-refractivity contribution in [1.29, 1.82) is 0 Å². The minimum atomic E-state index is -0.386. The lowest BCUT2D eigenvalue weighted by atomic mass is 9.94. The van der Waals surface area contributed by atoms with Gasteiger partial charge in [0.15, 0.2) is 0 Å². The normalized spacial score (nSPS) is 16.0. The molecule has 0 saturated heterocycles. The summed E-state index contributed by atoms with van der Waals surface area (Å²) in [7, 11) is 0. The summed E-state index contributed by atoms with van der Waals surface area (Å²) < 4.78 is 19.0. The lowest BCUT2D eigenvalue weighted by Gasteiger charge is -2.33. The van der Waals surface area contributed by atoms with Gasteiger partial charge in [0.05, 0.1) is 12.7 Å². The Balaban J connectivity index is 2.65. The van der Waals surface area contributed by atoms with Crippen molar-refractivity contribution in [3.05, 3.63) is 29.6 Å². The highest BCUT2D eigenvalue weighted by atomic mass is 19.1. The molecule has 2 atom stereocenters. The Labute approximate surface area is 121 Å². The summed E-state index contributed by atoms with van der Waals surface area (Å²) in [6.07, 6.45) is 0.584. The van der Waals surface area contributed by atoms with Crippen LogP contribution in [0, 0.1) is 12.7 Å². The average Bonchev–Trinajstić information content (AvgIpc) is 2.32. The number of hydrogen-bond acceptors (Lipinski definition) is 3. The Morgan fingerprint density at radius 1 is 1.35 bits per heavy atom. The average molecular weight is 283 g/mol. The minimum absolute atomic E-state index is 0.0430. The highest BCUT2D eigenvalue weighted by molar-refractivity contribution is 5.29. The maximum Gasteiger partial charge on any atom is 0.126 e. The summed E-state index contributed by atoms with van der Waals surface area (Å²) in [6.45, 7) is 9.77. The van der Waals surface area contributed by atoms with Crippen molar-refractivity contribution >= 4 is 0 Å². The second-order valence-corrected chi connectivity index (χ2v) is 6.06. The lowest BCUT2D eigenvalue weighted by Crippen LogP contribution is -2.51. The molecule has 0 amide bonds. The van der Waals surface area contributed by atoms with E-state index >= 15 is 0 Å². The molecule has 0 bridgehead atoms. The van der Waals surface area contributed by atoms with Crippen LogP contribution in [-0.2, 0) is 0 Å². The molecule has 1 rings (SSSR count). The van der Waals surface area contributed by atoms with E-state index in [0.717, 1.165) is 0 Å². The van der Waals surface area contributed by atoms with Gasteiger partial charge in [0, 0.05) is 18.0 Å². The number of aryl methyl sites for hydroxylation is 1. The molecule has 114 valence electrons. The van der Waals surface area contributed by atoms with Crippen molar-refractivity contribution < 1.29 is 14.2 Å². The molecule has 0 spiro atoms. The van der Waals surface area contributed by atoms with Gasteiger partial charge in [0.2, 0.25) is 0 Å². The number of benzene rings is 1. The molecule has 1 aromatic rings. The zero-order valence-electron chi connectivity index (χ0n) is 13.0. The Kier molecular flexibility index (Phi) is 5.96. The second kappa shape index (κ2) is 7.04. The largest absolute Gasteiger partial charge is 0.491 e. The molecule has 20 heavy (non-hydrogen) atoms. The molecule has 0 radical (unpaired) electrons. The zero-order chi connectivity index (χ0) is 15.3. The van der Waals surface area contributed by atoms with E-state index in [0.29, 0.717) is 17.7 Å². The summed E-state index contributed by atoms with van der Waals surface area (Å²) >= 11 is 0. The van der Waals surface area contributed by atoms with E-state index in [9.17, 15) is 9.50 Å². The van der Waals surface area contributed by atoms with Crippen LogP contribution in [-0.4, -0.2) is 29.4 Å². The lowest BCUT2D eigenvalue weighted by molar-refractivity contribution is 0.104. The standard InChI is InChI=1S/C16H26FNO2/c1-11(2)18-16(5,10-19)9-13(4)20-14-6-7-15(17)12(3)8-14/h6-8,11,13,18-19H,9-10H2,1-5H3. The number of ether oxygens (including phenoxy) is 1. The number of hydrogen-bond donors (Lipinski definition) is 2. The smallest absolute Gasteiger partial charge is 0.126 e. The fourth-order valence-corrected chi connectivity index (χ4v) is 2.46. The molecule has 0 aromatic heterocycles. The molecular formula is C16H26FNO2. The fraction of sp³-hybridized carbons (Fsp3) is 0.625. The van der Waals surface area contributed by atoms with Gasteiger partial charge in [-0.3, -0.25) is 0 Å². The Bertz CT molecular complexity index is 436. The van der Waals surface area contributed by atoms with Gasteiger partial charge in [0.1, 0.15) is 11.6 Å². The van der Waals surface area contributed by atoms with Crippen LogP contribution >= 0.6 is 0 Å². The SMILES string of the molecule is Cc1cc(OC(C)CC(C)(CO)NC(C)C)ccc1F. The van der Waals surface area contributed by atoms with Gasteiger partial charge in [-0.2, -0.15) is 0 Å². The van der Waals surface area contributed by atoms with Crippen LogP contribution in [0.3, 0.4) is 0 Å². The van der Waals surface area contributed by atoms with Gasteiger partial charge in [-0.1, -0.05) is 13.8 Å². The fourth-order valence-electron chi connectivity index (χ4n) is 2.46. The number of rotatable bonds is 7. The van der Waals surface area contributed by atoms with Crippen LogP contribution in [0.4, 0.5) is 4.39 Å². The Morgan fingerprint density at radius 3 is 2.50 bits per heavy atom. The highest BCUT2D eigenvalue weighted by Crippen LogP contribution is 2.21. The number of halogens is 1. The molecule has 0 aliphatic heterocycles. The first-order chi connectivity index (χ1) is 9.25. The van der Waals surface area contributed by atoms with Crippen molar-refractivity contribution in [2.45, 2.75) is 58.7 Å². The predicted molar refractivity (Wildman–Crippen MR) is 79.6 cm³/mol. The van der Waals surface area contributed by atoms with E-state index in [1.54, 1.807) is 19.1 Å². The molecule has 2 N–H and O–H groups in total. The highest BCUT2D eigenvalue weighted by Gasteiger charge is 2.27. The van der Waals surface area contributed by atoms with Crippen molar-refractivity contribution in [3.63, 3.8) is 0 Å². The molecule has 0 aliphatic rings. The molecule has 2 unspecified atom stereocenters. The minimum Gasteiger partial charge on any atom is -0.491 e. The van der Waals surface area contributed by atoms with Gasteiger partial charge in [0.25, 0.3) is 0 Å². The van der Waals surface area contributed by atoms with E-state index in [2.05, 4.69) is 5.32 Å². The van der Waals surface area contributed by atoms with Gasteiger partial charge < -0.3 is 15.2 Å². The Hall–Kier alpha value is -1.13. The predicted octanol–water partition coefficient (Wildman–Crippen LogP) is 3.04. The van der Waals surface area contributed by atoms with Crippen LogP contribution in [0.5, 0.6) is 5.75 Å². The maximum absolute atomic E-state index is 13.2. The third-order valence-electron chi connectivity index (χ3n) is 3.19.